The Morgan fingerprint density at radius 3 is 2.38 bits per heavy atom. The molecule has 1 aromatic carbocycles. The molecule has 1 aliphatic rings. The van der Waals surface area contributed by atoms with Gasteiger partial charge in [-0.25, -0.2) is 0 Å². The van der Waals surface area contributed by atoms with E-state index in [2.05, 4.69) is 31.4 Å². The first-order valence-electron chi connectivity index (χ1n) is 8.27. The van der Waals surface area contributed by atoms with Crippen molar-refractivity contribution >= 4 is 0 Å². The van der Waals surface area contributed by atoms with Gasteiger partial charge < -0.3 is 4.74 Å². The topological polar surface area (TPSA) is 47.3 Å². The van der Waals surface area contributed by atoms with Gasteiger partial charge in [0.05, 0.1) is 7.11 Å². The van der Waals surface area contributed by atoms with Crippen LogP contribution in [0.2, 0.25) is 0 Å². The molecule has 0 aromatic heterocycles. The normalized spacial score (nSPS) is 18.3. The van der Waals surface area contributed by atoms with Gasteiger partial charge in [0.2, 0.25) is 0 Å². The predicted octanol–water partition coefficient (Wildman–Crippen LogP) is 4.18. The third-order valence-electron chi connectivity index (χ3n) is 4.90. The summed E-state index contributed by atoms with van der Waals surface area (Å²) in [5.41, 5.74) is 6.81. The number of hydrogen-bond donors (Lipinski definition) is 2. The second-order valence-electron chi connectivity index (χ2n) is 6.49. The van der Waals surface area contributed by atoms with Crippen LogP contribution in [0.1, 0.15) is 67.7 Å². The minimum absolute atomic E-state index is 0.248. The fourth-order valence-corrected chi connectivity index (χ4v) is 3.63. The maximum absolute atomic E-state index is 5.87. The van der Waals surface area contributed by atoms with E-state index in [0.29, 0.717) is 0 Å². The van der Waals surface area contributed by atoms with E-state index in [9.17, 15) is 0 Å². The van der Waals surface area contributed by atoms with E-state index in [4.69, 9.17) is 10.6 Å². The fourth-order valence-electron chi connectivity index (χ4n) is 3.63. The fraction of sp³-hybridized carbons (Fsp3) is 0.667. The molecule has 0 aliphatic heterocycles. The van der Waals surface area contributed by atoms with Crippen LogP contribution in [-0.2, 0) is 0 Å². The zero-order valence-corrected chi connectivity index (χ0v) is 13.7. The van der Waals surface area contributed by atoms with Gasteiger partial charge in [0, 0.05) is 6.04 Å². The highest BCUT2D eigenvalue weighted by atomic mass is 16.5. The minimum atomic E-state index is 0.248. The summed E-state index contributed by atoms with van der Waals surface area (Å²) in [6, 6.07) is 4.61. The van der Waals surface area contributed by atoms with E-state index < -0.39 is 0 Å². The number of hydrazine groups is 1. The number of rotatable bonds is 5. The molecule has 1 fully saturated rings. The van der Waals surface area contributed by atoms with Crippen molar-refractivity contribution in [1.82, 2.24) is 5.43 Å². The van der Waals surface area contributed by atoms with Crippen LogP contribution in [0.3, 0.4) is 0 Å². The van der Waals surface area contributed by atoms with Gasteiger partial charge in [0.1, 0.15) is 5.75 Å². The zero-order valence-electron chi connectivity index (χ0n) is 13.7. The number of ether oxygens (including phenoxy) is 1. The summed E-state index contributed by atoms with van der Waals surface area (Å²) in [4.78, 5) is 0. The van der Waals surface area contributed by atoms with Gasteiger partial charge in [0.15, 0.2) is 0 Å². The van der Waals surface area contributed by atoms with Crippen molar-refractivity contribution in [2.45, 2.75) is 64.8 Å². The van der Waals surface area contributed by atoms with Crippen molar-refractivity contribution in [1.29, 1.82) is 0 Å². The van der Waals surface area contributed by atoms with Gasteiger partial charge in [-0.1, -0.05) is 44.6 Å². The first-order chi connectivity index (χ1) is 10.2. The van der Waals surface area contributed by atoms with Gasteiger partial charge in [-0.05, 0) is 48.9 Å². The molecule has 1 saturated carbocycles. The highest BCUT2D eigenvalue weighted by Crippen LogP contribution is 2.33. The van der Waals surface area contributed by atoms with Crippen LogP contribution < -0.4 is 16.0 Å². The zero-order chi connectivity index (χ0) is 15.2. The van der Waals surface area contributed by atoms with Crippen molar-refractivity contribution in [3.05, 3.63) is 28.8 Å². The maximum atomic E-state index is 5.87. The molecule has 21 heavy (non-hydrogen) atoms. The Bertz CT molecular complexity index is 451. The number of hydrogen-bond acceptors (Lipinski definition) is 3. The third kappa shape index (κ3) is 4.21. The van der Waals surface area contributed by atoms with Crippen LogP contribution >= 0.6 is 0 Å². The number of nitrogens with one attached hydrogen (secondary N) is 1. The number of nitrogens with two attached hydrogens (primary N) is 1. The summed E-state index contributed by atoms with van der Waals surface area (Å²) >= 11 is 0. The molecular weight excluding hydrogens is 260 g/mol. The van der Waals surface area contributed by atoms with E-state index in [-0.39, 0.29) is 6.04 Å². The third-order valence-corrected chi connectivity index (χ3v) is 4.90. The van der Waals surface area contributed by atoms with E-state index in [1.165, 1.54) is 55.2 Å². The number of methoxy groups -OCH3 is 1. The maximum Gasteiger partial charge on any atom is 0.122 e. The lowest BCUT2D eigenvalue weighted by molar-refractivity contribution is 0.357. The summed E-state index contributed by atoms with van der Waals surface area (Å²) in [6.07, 6.45) is 9.41. The number of benzene rings is 1. The SMILES string of the molecule is COc1cc(C)c(C(CC2CCCCCC2)NN)cc1C. The number of aryl methyl sites for hydroxylation is 2. The standard InChI is InChI=1S/C18H30N2O/c1-13-11-18(21-3)14(2)10-16(13)17(20-19)12-15-8-6-4-5-7-9-15/h10-11,15,17,20H,4-9,12,19H2,1-3H3. The lowest BCUT2D eigenvalue weighted by Crippen LogP contribution is -2.30. The van der Waals surface area contributed by atoms with Crippen LogP contribution in [0, 0.1) is 19.8 Å². The molecule has 0 heterocycles. The van der Waals surface area contributed by atoms with E-state index in [0.717, 1.165) is 18.1 Å². The Labute approximate surface area is 129 Å². The molecule has 3 N–H and O–H groups in total. The molecule has 2 rings (SSSR count). The Kier molecular flexibility index (Phi) is 6.07. The first-order valence-corrected chi connectivity index (χ1v) is 8.27. The van der Waals surface area contributed by atoms with Crippen LogP contribution in [-0.4, -0.2) is 7.11 Å². The second kappa shape index (κ2) is 7.81. The Balaban J connectivity index is 2.14. The van der Waals surface area contributed by atoms with Crippen molar-refractivity contribution in [3.8, 4) is 5.75 Å². The molecule has 1 aliphatic carbocycles. The quantitative estimate of drug-likeness (QED) is 0.486. The van der Waals surface area contributed by atoms with Crippen LogP contribution in [0.15, 0.2) is 12.1 Å². The Hall–Kier alpha value is -1.06. The van der Waals surface area contributed by atoms with Gasteiger partial charge in [-0.15, -0.1) is 0 Å². The van der Waals surface area contributed by atoms with E-state index >= 15 is 0 Å². The van der Waals surface area contributed by atoms with Crippen molar-refractivity contribution in [3.63, 3.8) is 0 Å². The molecule has 0 spiro atoms. The monoisotopic (exact) mass is 290 g/mol. The van der Waals surface area contributed by atoms with Crippen molar-refractivity contribution in [2.75, 3.05) is 7.11 Å². The van der Waals surface area contributed by atoms with Gasteiger partial charge in [-0.3, -0.25) is 11.3 Å². The Morgan fingerprint density at radius 1 is 1.14 bits per heavy atom. The molecule has 0 saturated heterocycles. The van der Waals surface area contributed by atoms with E-state index in [1.54, 1.807) is 7.11 Å². The summed E-state index contributed by atoms with van der Waals surface area (Å²) in [7, 11) is 1.73. The molecule has 1 atom stereocenters. The molecule has 0 radical (unpaired) electrons. The van der Waals surface area contributed by atoms with E-state index in [1.807, 2.05) is 0 Å². The molecule has 3 heteroatoms. The minimum Gasteiger partial charge on any atom is -0.496 e. The molecule has 1 aromatic rings. The van der Waals surface area contributed by atoms with Crippen LogP contribution in [0.5, 0.6) is 5.75 Å². The Morgan fingerprint density at radius 2 is 1.81 bits per heavy atom. The van der Waals surface area contributed by atoms with Gasteiger partial charge >= 0.3 is 0 Å². The highest BCUT2D eigenvalue weighted by molar-refractivity contribution is 5.42. The predicted molar refractivity (Wildman–Crippen MR) is 88.3 cm³/mol. The van der Waals surface area contributed by atoms with Crippen molar-refractivity contribution in [2.24, 2.45) is 11.8 Å². The molecule has 1 unspecified atom stereocenters. The second-order valence-corrected chi connectivity index (χ2v) is 6.49. The van der Waals surface area contributed by atoms with Crippen LogP contribution in [0.4, 0.5) is 0 Å². The smallest absolute Gasteiger partial charge is 0.122 e. The van der Waals surface area contributed by atoms with Gasteiger partial charge in [0.25, 0.3) is 0 Å². The summed E-state index contributed by atoms with van der Waals surface area (Å²) in [6.45, 7) is 4.25. The summed E-state index contributed by atoms with van der Waals surface area (Å²) in [5.74, 6) is 7.63. The average Bonchev–Trinajstić information content (AvgIpc) is 2.75. The molecule has 0 amide bonds. The summed E-state index contributed by atoms with van der Waals surface area (Å²) in [5, 5.41) is 0. The average molecular weight is 290 g/mol. The molecule has 3 nitrogen and oxygen atoms in total. The highest BCUT2D eigenvalue weighted by Gasteiger charge is 2.20. The largest absolute Gasteiger partial charge is 0.496 e. The van der Waals surface area contributed by atoms with Gasteiger partial charge in [-0.2, -0.15) is 0 Å². The summed E-state index contributed by atoms with van der Waals surface area (Å²) < 4.78 is 5.41. The van der Waals surface area contributed by atoms with Crippen LogP contribution in [0.25, 0.3) is 0 Å². The lowest BCUT2D eigenvalue weighted by Gasteiger charge is -2.24. The molecular formula is C18H30N2O. The van der Waals surface area contributed by atoms with Crippen molar-refractivity contribution < 1.29 is 4.74 Å². The molecule has 118 valence electrons. The first kappa shape index (κ1) is 16.3. The lowest BCUT2D eigenvalue weighted by atomic mass is 9.87. The molecule has 0 bridgehead atoms.